The van der Waals surface area contributed by atoms with E-state index in [1.54, 1.807) is 37.0 Å². The zero-order chi connectivity index (χ0) is 17.0. The molecule has 2 bridgehead atoms. The molecule has 1 aromatic heterocycles. The van der Waals surface area contributed by atoms with Crippen molar-refractivity contribution in [1.82, 2.24) is 9.58 Å². The van der Waals surface area contributed by atoms with E-state index in [1.807, 2.05) is 0 Å². The molecule has 2 aromatic rings. The minimum Gasteiger partial charge on any atom is -0.366 e. The molecular formula is C18H23FN4O. The molecule has 0 saturated carbocycles. The maximum Gasteiger partial charge on any atom is 0.192 e. The van der Waals surface area contributed by atoms with Crippen LogP contribution in [0.3, 0.4) is 0 Å². The highest BCUT2D eigenvalue weighted by Crippen LogP contribution is 2.34. The van der Waals surface area contributed by atoms with Crippen molar-refractivity contribution in [2.45, 2.75) is 31.8 Å². The van der Waals surface area contributed by atoms with Crippen LogP contribution in [0, 0.1) is 12.7 Å². The Morgan fingerprint density at radius 3 is 2.50 bits per heavy atom. The quantitative estimate of drug-likeness (QED) is 0.913. The van der Waals surface area contributed by atoms with E-state index in [-0.39, 0.29) is 11.2 Å². The number of benzene rings is 1. The van der Waals surface area contributed by atoms with Gasteiger partial charge in [0.05, 0.1) is 11.1 Å². The van der Waals surface area contributed by atoms with Crippen LogP contribution in [-0.4, -0.2) is 48.8 Å². The summed E-state index contributed by atoms with van der Waals surface area (Å²) in [4.78, 5) is 16.9. The average Bonchev–Trinajstić information content (AvgIpc) is 2.79. The SMILES string of the molecule is CNn1cc(C)c(=O)c2ccc(N3CC4CCC(C3)N4C)c(F)c21. The van der Waals surface area contributed by atoms with Crippen LogP contribution >= 0.6 is 0 Å². The summed E-state index contributed by atoms with van der Waals surface area (Å²) in [5.41, 5.74) is 4.37. The molecule has 2 fully saturated rings. The molecule has 2 atom stereocenters. The van der Waals surface area contributed by atoms with Crippen LogP contribution in [0.5, 0.6) is 0 Å². The normalized spacial score (nSPS) is 23.9. The first-order valence-corrected chi connectivity index (χ1v) is 8.50. The molecule has 2 saturated heterocycles. The fraction of sp³-hybridized carbons (Fsp3) is 0.500. The number of fused-ring (bicyclic) bond motifs is 3. The summed E-state index contributed by atoms with van der Waals surface area (Å²) in [5, 5.41) is 0.419. The van der Waals surface area contributed by atoms with Gasteiger partial charge in [0, 0.05) is 44.0 Å². The van der Waals surface area contributed by atoms with Gasteiger partial charge in [0.1, 0.15) is 5.52 Å². The predicted molar refractivity (Wildman–Crippen MR) is 95.0 cm³/mol. The molecule has 2 aliphatic rings. The Balaban J connectivity index is 1.85. The van der Waals surface area contributed by atoms with E-state index in [4.69, 9.17) is 0 Å². The monoisotopic (exact) mass is 330 g/mol. The highest BCUT2D eigenvalue weighted by molar-refractivity contribution is 5.84. The molecule has 0 aliphatic carbocycles. The fourth-order valence-electron chi connectivity index (χ4n) is 4.23. The van der Waals surface area contributed by atoms with Gasteiger partial charge in [-0.15, -0.1) is 0 Å². The lowest BCUT2D eigenvalue weighted by Gasteiger charge is -2.40. The number of nitrogens with one attached hydrogen (secondary N) is 1. The van der Waals surface area contributed by atoms with Gasteiger partial charge in [-0.3, -0.25) is 14.4 Å². The number of aromatic nitrogens is 1. The van der Waals surface area contributed by atoms with Crippen molar-refractivity contribution in [1.29, 1.82) is 0 Å². The number of piperazine rings is 1. The van der Waals surface area contributed by atoms with Gasteiger partial charge in [0.15, 0.2) is 11.2 Å². The summed E-state index contributed by atoms with van der Waals surface area (Å²) in [7, 11) is 3.89. The fourth-order valence-corrected chi connectivity index (χ4v) is 4.23. The first kappa shape index (κ1) is 15.4. The molecule has 5 nitrogen and oxygen atoms in total. The maximum absolute atomic E-state index is 15.3. The smallest absolute Gasteiger partial charge is 0.192 e. The molecule has 128 valence electrons. The van der Waals surface area contributed by atoms with Crippen molar-refractivity contribution in [2.24, 2.45) is 0 Å². The van der Waals surface area contributed by atoms with E-state index >= 15 is 4.39 Å². The van der Waals surface area contributed by atoms with Crippen molar-refractivity contribution in [3.8, 4) is 0 Å². The van der Waals surface area contributed by atoms with Crippen LogP contribution in [0.15, 0.2) is 23.1 Å². The molecule has 2 unspecified atom stereocenters. The van der Waals surface area contributed by atoms with E-state index in [9.17, 15) is 4.79 Å². The molecule has 1 N–H and O–H groups in total. The summed E-state index contributed by atoms with van der Waals surface area (Å²) in [6.07, 6.45) is 4.01. The Labute approximate surface area is 140 Å². The summed E-state index contributed by atoms with van der Waals surface area (Å²) < 4.78 is 16.9. The Hall–Kier alpha value is -2.08. The van der Waals surface area contributed by atoms with E-state index < -0.39 is 0 Å². The summed E-state index contributed by atoms with van der Waals surface area (Å²) in [6, 6.07) is 4.51. The van der Waals surface area contributed by atoms with Crippen LogP contribution in [0.2, 0.25) is 0 Å². The summed E-state index contributed by atoms with van der Waals surface area (Å²) in [6.45, 7) is 3.43. The number of anilines is 1. The zero-order valence-electron chi connectivity index (χ0n) is 14.3. The van der Waals surface area contributed by atoms with Gasteiger partial charge >= 0.3 is 0 Å². The summed E-state index contributed by atoms with van der Waals surface area (Å²) >= 11 is 0. The van der Waals surface area contributed by atoms with Crippen LogP contribution in [0.4, 0.5) is 10.1 Å². The van der Waals surface area contributed by atoms with Crippen LogP contribution in [-0.2, 0) is 0 Å². The molecule has 4 rings (SSSR count). The number of pyridine rings is 1. The Morgan fingerprint density at radius 2 is 1.88 bits per heavy atom. The number of hydrogen-bond donors (Lipinski definition) is 1. The molecule has 0 amide bonds. The molecule has 2 aliphatic heterocycles. The molecule has 0 radical (unpaired) electrons. The zero-order valence-corrected chi connectivity index (χ0v) is 14.3. The second-order valence-electron chi connectivity index (χ2n) is 6.99. The van der Waals surface area contributed by atoms with Crippen molar-refractivity contribution < 1.29 is 4.39 Å². The molecule has 3 heterocycles. The standard InChI is InChI=1S/C18H23FN4O/c1-11-8-23(20-2)17-14(18(11)24)6-7-15(16(17)19)22-9-12-4-5-13(10-22)21(12)3/h6-8,12-13,20H,4-5,9-10H2,1-3H3. The lowest BCUT2D eigenvalue weighted by Crippen LogP contribution is -2.52. The van der Waals surface area contributed by atoms with Gasteiger partial charge in [-0.2, -0.15) is 0 Å². The van der Waals surface area contributed by atoms with Crippen molar-refractivity contribution in [2.75, 3.05) is 37.5 Å². The van der Waals surface area contributed by atoms with Crippen molar-refractivity contribution in [3.63, 3.8) is 0 Å². The second-order valence-corrected chi connectivity index (χ2v) is 6.99. The minimum atomic E-state index is -0.317. The van der Waals surface area contributed by atoms with Gasteiger partial charge in [0.2, 0.25) is 0 Å². The second kappa shape index (κ2) is 5.48. The molecule has 1 aromatic carbocycles. The number of hydrogen-bond acceptors (Lipinski definition) is 4. The van der Waals surface area contributed by atoms with Crippen LogP contribution in [0.1, 0.15) is 18.4 Å². The molecule has 24 heavy (non-hydrogen) atoms. The van der Waals surface area contributed by atoms with E-state index in [2.05, 4.69) is 22.3 Å². The average molecular weight is 330 g/mol. The first-order valence-electron chi connectivity index (χ1n) is 8.50. The topological polar surface area (TPSA) is 40.5 Å². The van der Waals surface area contributed by atoms with E-state index in [0.29, 0.717) is 34.2 Å². The lowest BCUT2D eigenvalue weighted by atomic mass is 10.1. The van der Waals surface area contributed by atoms with Gasteiger partial charge in [-0.1, -0.05) is 0 Å². The molecule has 0 spiro atoms. The van der Waals surface area contributed by atoms with E-state index in [1.165, 1.54) is 12.8 Å². The maximum atomic E-state index is 15.3. The van der Waals surface area contributed by atoms with Crippen molar-refractivity contribution in [3.05, 3.63) is 39.9 Å². The van der Waals surface area contributed by atoms with Crippen molar-refractivity contribution >= 4 is 16.6 Å². The first-order chi connectivity index (χ1) is 11.5. The van der Waals surface area contributed by atoms with Gasteiger partial charge in [-0.05, 0) is 38.9 Å². The predicted octanol–water partition coefficient (Wildman–Crippen LogP) is 1.91. The molecule has 6 heteroatoms. The number of halogens is 1. The lowest BCUT2D eigenvalue weighted by molar-refractivity contribution is 0.212. The summed E-state index contributed by atoms with van der Waals surface area (Å²) in [5.74, 6) is -0.317. The third-order valence-electron chi connectivity index (χ3n) is 5.69. The van der Waals surface area contributed by atoms with Gasteiger partial charge < -0.3 is 10.3 Å². The third kappa shape index (κ3) is 2.13. The van der Waals surface area contributed by atoms with Gasteiger partial charge in [0.25, 0.3) is 0 Å². The number of likely N-dealkylation sites (N-methyl/N-ethyl adjacent to an activating group) is 1. The Morgan fingerprint density at radius 1 is 1.21 bits per heavy atom. The van der Waals surface area contributed by atoms with Crippen LogP contribution < -0.4 is 15.8 Å². The van der Waals surface area contributed by atoms with Gasteiger partial charge in [-0.25, -0.2) is 4.39 Å². The van der Waals surface area contributed by atoms with Crippen LogP contribution in [0.25, 0.3) is 10.9 Å². The number of nitrogens with zero attached hydrogens (tertiary/aromatic N) is 3. The highest BCUT2D eigenvalue weighted by Gasteiger charge is 2.38. The highest BCUT2D eigenvalue weighted by atomic mass is 19.1. The number of rotatable bonds is 2. The Bertz CT molecular complexity index is 848. The van der Waals surface area contributed by atoms with E-state index in [0.717, 1.165) is 13.1 Å². The Kier molecular flexibility index (Phi) is 3.53. The largest absolute Gasteiger partial charge is 0.366 e. The molecular weight excluding hydrogens is 307 g/mol. The minimum absolute atomic E-state index is 0.111. The third-order valence-corrected chi connectivity index (χ3v) is 5.69. The number of aryl methyl sites for hydroxylation is 1.